The quantitative estimate of drug-likeness (QED) is 0.721. The molecule has 1 aliphatic heterocycles. The fourth-order valence-corrected chi connectivity index (χ4v) is 3.52. The number of carbonyl (C=O) groups excluding carboxylic acids is 1. The number of hydrogen-bond donors (Lipinski definition) is 0. The smallest absolute Gasteiger partial charge is 0.227 e. The molecule has 0 aromatic heterocycles. The summed E-state index contributed by atoms with van der Waals surface area (Å²) < 4.78 is 0. The number of fused-ring (bicyclic) bond motifs is 1. The van der Waals surface area contributed by atoms with Crippen LogP contribution in [-0.4, -0.2) is 17.3 Å². The summed E-state index contributed by atoms with van der Waals surface area (Å²) in [6, 6.07) is 5.81. The molecule has 1 heterocycles. The highest BCUT2D eigenvalue weighted by Crippen LogP contribution is 2.44. The second kappa shape index (κ2) is 5.95. The Balaban J connectivity index is 2.43. The van der Waals surface area contributed by atoms with Crippen LogP contribution in [0.2, 0.25) is 5.02 Å². The summed E-state index contributed by atoms with van der Waals surface area (Å²) in [6.45, 7) is 6.44. The van der Waals surface area contributed by atoms with E-state index in [2.05, 4.69) is 20.8 Å². The van der Waals surface area contributed by atoms with E-state index in [1.807, 2.05) is 23.1 Å². The van der Waals surface area contributed by atoms with Gasteiger partial charge in [0.2, 0.25) is 5.91 Å². The third-order valence-corrected chi connectivity index (χ3v) is 4.45. The van der Waals surface area contributed by atoms with Gasteiger partial charge in [-0.2, -0.15) is 0 Å². The molecule has 0 saturated heterocycles. The van der Waals surface area contributed by atoms with Gasteiger partial charge in [0.1, 0.15) is 0 Å². The molecule has 1 amide bonds. The summed E-state index contributed by atoms with van der Waals surface area (Å²) in [5, 5.41) is 0.725. The van der Waals surface area contributed by atoms with Crippen LogP contribution in [0.4, 0.5) is 5.69 Å². The van der Waals surface area contributed by atoms with Crippen LogP contribution >= 0.6 is 23.2 Å². The van der Waals surface area contributed by atoms with Gasteiger partial charge in [-0.15, -0.1) is 11.6 Å². The molecule has 1 aromatic rings. The zero-order chi connectivity index (χ0) is 14.9. The first-order valence-corrected chi connectivity index (χ1v) is 7.96. The zero-order valence-corrected chi connectivity index (χ0v) is 13.8. The van der Waals surface area contributed by atoms with Crippen LogP contribution in [0.15, 0.2) is 18.2 Å². The average molecular weight is 314 g/mol. The Kier molecular flexibility index (Phi) is 4.66. The average Bonchev–Trinajstić information content (AvgIpc) is 2.36. The van der Waals surface area contributed by atoms with Gasteiger partial charge < -0.3 is 4.90 Å². The van der Waals surface area contributed by atoms with E-state index in [-0.39, 0.29) is 11.4 Å². The predicted molar refractivity (Wildman–Crippen MR) is 86.0 cm³/mol. The highest BCUT2D eigenvalue weighted by Gasteiger charge is 2.39. The largest absolute Gasteiger partial charge is 0.307 e. The monoisotopic (exact) mass is 313 g/mol. The van der Waals surface area contributed by atoms with Gasteiger partial charge in [0, 0.05) is 28.5 Å². The fraction of sp³-hybridized carbons (Fsp3) is 0.562. The summed E-state index contributed by atoms with van der Waals surface area (Å²) in [7, 11) is 0. The lowest BCUT2D eigenvalue weighted by molar-refractivity contribution is -0.119. The minimum absolute atomic E-state index is 0.145. The van der Waals surface area contributed by atoms with Gasteiger partial charge in [0.05, 0.1) is 0 Å². The number of hydrogen-bond acceptors (Lipinski definition) is 1. The summed E-state index contributed by atoms with van der Waals surface area (Å²) in [6.07, 6.45) is 2.14. The Morgan fingerprint density at radius 1 is 1.45 bits per heavy atom. The molecule has 0 unspecified atom stereocenters. The van der Waals surface area contributed by atoms with Crippen molar-refractivity contribution in [1.82, 2.24) is 0 Å². The maximum absolute atomic E-state index is 12.6. The summed E-state index contributed by atoms with van der Waals surface area (Å²) >= 11 is 11.8. The lowest BCUT2D eigenvalue weighted by atomic mass is 9.80. The third kappa shape index (κ3) is 2.96. The highest BCUT2D eigenvalue weighted by atomic mass is 35.5. The SMILES string of the molecule is C[C@@H]1CC(C)(C)N(C(=O)CCCCl)c2ccc(Cl)cc21. The van der Waals surface area contributed by atoms with E-state index in [0.29, 0.717) is 24.6 Å². The van der Waals surface area contributed by atoms with E-state index < -0.39 is 0 Å². The Morgan fingerprint density at radius 3 is 2.80 bits per heavy atom. The van der Waals surface area contributed by atoms with Crippen LogP contribution in [0.1, 0.15) is 51.5 Å². The first-order valence-electron chi connectivity index (χ1n) is 7.05. The lowest BCUT2D eigenvalue weighted by Gasteiger charge is -2.46. The number of benzene rings is 1. The number of nitrogens with zero attached hydrogens (tertiary/aromatic N) is 1. The normalized spacial score (nSPS) is 20.6. The van der Waals surface area contributed by atoms with E-state index in [9.17, 15) is 4.79 Å². The van der Waals surface area contributed by atoms with Crippen LogP contribution in [0.25, 0.3) is 0 Å². The number of carbonyl (C=O) groups is 1. The molecule has 2 nitrogen and oxygen atoms in total. The van der Waals surface area contributed by atoms with Gasteiger partial charge >= 0.3 is 0 Å². The molecular weight excluding hydrogens is 293 g/mol. The Labute approximate surface area is 131 Å². The van der Waals surface area contributed by atoms with Crippen LogP contribution in [0.5, 0.6) is 0 Å². The zero-order valence-electron chi connectivity index (χ0n) is 12.2. The van der Waals surface area contributed by atoms with Crippen molar-refractivity contribution in [2.75, 3.05) is 10.8 Å². The molecule has 0 radical (unpaired) electrons. The first-order chi connectivity index (χ1) is 9.36. The van der Waals surface area contributed by atoms with Gasteiger partial charge in [-0.25, -0.2) is 0 Å². The van der Waals surface area contributed by atoms with Gasteiger partial charge in [-0.1, -0.05) is 18.5 Å². The predicted octanol–water partition coefficient (Wildman–Crippen LogP) is 4.98. The Bertz CT molecular complexity index is 513. The van der Waals surface area contributed by atoms with Gasteiger partial charge in [-0.05, 0) is 56.4 Å². The molecule has 0 N–H and O–H groups in total. The standard InChI is InChI=1S/C16H21Cl2NO/c1-11-10-16(2,3)19(15(20)5-4-8-17)14-7-6-12(18)9-13(11)14/h6-7,9,11H,4-5,8,10H2,1-3H3/t11-/m1/s1. The van der Waals surface area contributed by atoms with Gasteiger partial charge in [0.25, 0.3) is 0 Å². The lowest BCUT2D eigenvalue weighted by Crippen LogP contribution is -2.51. The fourth-order valence-electron chi connectivity index (χ4n) is 3.20. The Morgan fingerprint density at radius 2 is 2.15 bits per heavy atom. The molecular formula is C16H21Cl2NO. The van der Waals surface area contributed by atoms with Crippen LogP contribution in [-0.2, 0) is 4.79 Å². The molecule has 0 spiro atoms. The number of alkyl halides is 1. The molecule has 1 atom stereocenters. The molecule has 1 aliphatic rings. The van der Waals surface area contributed by atoms with Crippen molar-refractivity contribution in [3.8, 4) is 0 Å². The van der Waals surface area contributed by atoms with Crippen molar-refractivity contribution in [3.05, 3.63) is 28.8 Å². The molecule has 0 fully saturated rings. The molecule has 0 bridgehead atoms. The molecule has 0 aliphatic carbocycles. The van der Waals surface area contributed by atoms with E-state index in [0.717, 1.165) is 22.7 Å². The molecule has 0 saturated carbocycles. The van der Waals surface area contributed by atoms with Crippen LogP contribution in [0, 0.1) is 0 Å². The van der Waals surface area contributed by atoms with Crippen molar-refractivity contribution < 1.29 is 4.79 Å². The molecule has 2 rings (SSSR count). The molecule has 4 heteroatoms. The highest BCUT2D eigenvalue weighted by molar-refractivity contribution is 6.30. The summed E-state index contributed by atoms with van der Waals surface area (Å²) in [5.74, 6) is 1.06. The summed E-state index contributed by atoms with van der Waals surface area (Å²) in [5.41, 5.74) is 1.98. The van der Waals surface area contributed by atoms with Crippen molar-refractivity contribution in [2.45, 2.75) is 51.5 Å². The number of halogens is 2. The first kappa shape index (κ1) is 15.7. The maximum atomic E-state index is 12.6. The summed E-state index contributed by atoms with van der Waals surface area (Å²) in [4.78, 5) is 14.5. The van der Waals surface area contributed by atoms with Crippen molar-refractivity contribution in [3.63, 3.8) is 0 Å². The van der Waals surface area contributed by atoms with Crippen molar-refractivity contribution in [2.24, 2.45) is 0 Å². The second-order valence-corrected chi connectivity index (χ2v) is 6.96. The molecule has 110 valence electrons. The number of anilines is 1. The van der Waals surface area contributed by atoms with Crippen molar-refractivity contribution in [1.29, 1.82) is 0 Å². The van der Waals surface area contributed by atoms with E-state index in [1.54, 1.807) is 0 Å². The van der Waals surface area contributed by atoms with Gasteiger partial charge in [-0.3, -0.25) is 4.79 Å². The van der Waals surface area contributed by atoms with E-state index in [4.69, 9.17) is 23.2 Å². The van der Waals surface area contributed by atoms with E-state index >= 15 is 0 Å². The van der Waals surface area contributed by atoms with Crippen LogP contribution in [0.3, 0.4) is 0 Å². The number of rotatable bonds is 3. The third-order valence-electron chi connectivity index (χ3n) is 3.95. The maximum Gasteiger partial charge on any atom is 0.227 e. The topological polar surface area (TPSA) is 20.3 Å². The molecule has 20 heavy (non-hydrogen) atoms. The second-order valence-electron chi connectivity index (χ2n) is 6.14. The minimum atomic E-state index is -0.177. The minimum Gasteiger partial charge on any atom is -0.307 e. The number of amides is 1. The van der Waals surface area contributed by atoms with E-state index in [1.165, 1.54) is 0 Å². The van der Waals surface area contributed by atoms with Crippen molar-refractivity contribution >= 4 is 34.8 Å². The van der Waals surface area contributed by atoms with Crippen LogP contribution < -0.4 is 4.90 Å². The van der Waals surface area contributed by atoms with Gasteiger partial charge in [0.15, 0.2) is 0 Å². The molecule has 1 aromatic carbocycles. The Hall–Kier alpha value is -0.730.